The lowest BCUT2D eigenvalue weighted by atomic mass is 10.1. The van der Waals surface area contributed by atoms with E-state index in [-0.39, 0.29) is 18.2 Å². The summed E-state index contributed by atoms with van der Waals surface area (Å²) in [6, 6.07) is 6.78. The van der Waals surface area contributed by atoms with E-state index in [1.54, 1.807) is 31.2 Å². The number of amides is 1. The van der Waals surface area contributed by atoms with Crippen LogP contribution < -0.4 is 5.32 Å². The zero-order valence-corrected chi connectivity index (χ0v) is 11.9. The molecule has 0 aliphatic carbocycles. The van der Waals surface area contributed by atoms with Gasteiger partial charge in [-0.15, -0.1) is 0 Å². The normalized spacial score (nSPS) is 10.2. The van der Waals surface area contributed by atoms with Crippen molar-refractivity contribution in [1.82, 2.24) is 10.3 Å². The van der Waals surface area contributed by atoms with Gasteiger partial charge in [-0.25, -0.2) is 9.78 Å². The number of aromatic nitrogens is 1. The van der Waals surface area contributed by atoms with Crippen LogP contribution in [0, 0.1) is 0 Å². The molecule has 0 fully saturated rings. The number of esters is 1. The molecule has 1 N–H and O–H groups in total. The zero-order chi connectivity index (χ0) is 15.2. The fraction of sp³-hybridized carbons (Fsp3) is 0.267. The second-order valence-electron chi connectivity index (χ2n) is 4.20. The van der Waals surface area contributed by atoms with Gasteiger partial charge in [0.25, 0.3) is 5.91 Å². The third-order valence-electron chi connectivity index (χ3n) is 2.72. The highest BCUT2D eigenvalue weighted by Crippen LogP contribution is 2.19. The number of carbonyl (C=O) groups excluding carboxylic acids is 2. The average molecular weight is 288 g/mol. The van der Waals surface area contributed by atoms with Crippen molar-refractivity contribution in [3.8, 4) is 11.5 Å². The largest absolute Gasteiger partial charge is 0.461 e. The molecule has 0 saturated heterocycles. The van der Waals surface area contributed by atoms with Gasteiger partial charge in [0.2, 0.25) is 5.89 Å². The fourth-order valence-corrected chi connectivity index (χ4v) is 1.73. The minimum atomic E-state index is -0.522. The van der Waals surface area contributed by atoms with Gasteiger partial charge in [0, 0.05) is 17.7 Å². The van der Waals surface area contributed by atoms with Crippen molar-refractivity contribution in [1.29, 1.82) is 0 Å². The second kappa shape index (κ2) is 6.69. The van der Waals surface area contributed by atoms with E-state index in [9.17, 15) is 9.59 Å². The van der Waals surface area contributed by atoms with Gasteiger partial charge >= 0.3 is 5.97 Å². The standard InChI is InChI=1S/C15H16N2O4/c1-3-16-13(18)10-5-7-11(8-6-10)14-17-12(9-21-14)15(19)20-4-2/h5-9H,3-4H2,1-2H3,(H,16,18). The first kappa shape index (κ1) is 14.8. The molecule has 0 unspecified atom stereocenters. The first-order chi connectivity index (χ1) is 10.2. The monoisotopic (exact) mass is 288 g/mol. The Kier molecular flexibility index (Phi) is 4.71. The van der Waals surface area contributed by atoms with Gasteiger partial charge in [0.15, 0.2) is 5.69 Å². The molecule has 2 aromatic rings. The highest BCUT2D eigenvalue weighted by molar-refractivity contribution is 5.94. The lowest BCUT2D eigenvalue weighted by molar-refractivity contribution is 0.0519. The lowest BCUT2D eigenvalue weighted by Crippen LogP contribution is -2.22. The molecule has 0 bridgehead atoms. The predicted octanol–water partition coefficient (Wildman–Crippen LogP) is 2.27. The number of hydrogen-bond acceptors (Lipinski definition) is 5. The molecule has 110 valence electrons. The quantitative estimate of drug-likeness (QED) is 0.853. The number of nitrogens with zero attached hydrogens (tertiary/aromatic N) is 1. The van der Waals surface area contributed by atoms with E-state index in [0.717, 1.165) is 0 Å². The molecular formula is C15H16N2O4. The van der Waals surface area contributed by atoms with Crippen LogP contribution >= 0.6 is 0 Å². The van der Waals surface area contributed by atoms with Crippen LogP contribution in [0.4, 0.5) is 0 Å². The summed E-state index contributed by atoms with van der Waals surface area (Å²) in [5, 5.41) is 2.71. The first-order valence-corrected chi connectivity index (χ1v) is 6.67. The fourth-order valence-electron chi connectivity index (χ4n) is 1.73. The molecule has 6 nitrogen and oxygen atoms in total. The van der Waals surface area contributed by atoms with Gasteiger partial charge in [-0.05, 0) is 38.1 Å². The molecule has 1 aromatic heterocycles. The lowest BCUT2D eigenvalue weighted by Gasteiger charge is -2.02. The summed E-state index contributed by atoms with van der Waals surface area (Å²) in [5.41, 5.74) is 1.36. The van der Waals surface area contributed by atoms with E-state index >= 15 is 0 Å². The Morgan fingerprint density at radius 3 is 2.57 bits per heavy atom. The molecule has 0 radical (unpaired) electrons. The summed E-state index contributed by atoms with van der Waals surface area (Å²) >= 11 is 0. The Morgan fingerprint density at radius 1 is 1.24 bits per heavy atom. The summed E-state index contributed by atoms with van der Waals surface area (Å²) in [5.74, 6) is -0.351. The maximum Gasteiger partial charge on any atom is 0.360 e. The molecule has 1 amide bonds. The van der Waals surface area contributed by atoms with Gasteiger partial charge in [0.05, 0.1) is 6.61 Å². The van der Waals surface area contributed by atoms with Crippen LogP contribution in [0.2, 0.25) is 0 Å². The summed E-state index contributed by atoms with van der Waals surface area (Å²) < 4.78 is 10.1. The number of hydrogen-bond donors (Lipinski definition) is 1. The topological polar surface area (TPSA) is 81.4 Å². The van der Waals surface area contributed by atoms with Crippen LogP contribution in [0.25, 0.3) is 11.5 Å². The van der Waals surface area contributed by atoms with Crippen molar-refractivity contribution in [3.05, 3.63) is 41.8 Å². The molecule has 1 aromatic carbocycles. The molecule has 0 atom stereocenters. The molecule has 1 heterocycles. The Hall–Kier alpha value is -2.63. The van der Waals surface area contributed by atoms with E-state index in [2.05, 4.69) is 10.3 Å². The molecule has 0 aliphatic heterocycles. The number of oxazole rings is 1. The maximum absolute atomic E-state index is 11.6. The third kappa shape index (κ3) is 3.47. The minimum absolute atomic E-state index is 0.125. The van der Waals surface area contributed by atoms with E-state index in [4.69, 9.17) is 9.15 Å². The molecule has 21 heavy (non-hydrogen) atoms. The maximum atomic E-state index is 11.6. The van der Waals surface area contributed by atoms with E-state index < -0.39 is 5.97 Å². The number of ether oxygens (including phenoxy) is 1. The third-order valence-corrected chi connectivity index (χ3v) is 2.72. The molecule has 0 spiro atoms. The Bertz CT molecular complexity index is 631. The Morgan fingerprint density at radius 2 is 1.95 bits per heavy atom. The summed E-state index contributed by atoms with van der Waals surface area (Å²) in [6.45, 7) is 4.43. The highest BCUT2D eigenvalue weighted by Gasteiger charge is 2.14. The van der Waals surface area contributed by atoms with Crippen LogP contribution in [-0.4, -0.2) is 30.0 Å². The van der Waals surface area contributed by atoms with Gasteiger partial charge in [-0.3, -0.25) is 4.79 Å². The number of benzene rings is 1. The smallest absolute Gasteiger partial charge is 0.360 e. The molecule has 2 rings (SSSR count). The predicted molar refractivity (Wildman–Crippen MR) is 75.9 cm³/mol. The van der Waals surface area contributed by atoms with Crippen molar-refractivity contribution < 1.29 is 18.7 Å². The molecule has 0 saturated carbocycles. The van der Waals surface area contributed by atoms with Crippen molar-refractivity contribution >= 4 is 11.9 Å². The highest BCUT2D eigenvalue weighted by atomic mass is 16.5. The van der Waals surface area contributed by atoms with E-state index in [0.29, 0.717) is 23.6 Å². The van der Waals surface area contributed by atoms with Crippen LogP contribution in [0.5, 0.6) is 0 Å². The number of rotatable bonds is 5. The minimum Gasteiger partial charge on any atom is -0.461 e. The van der Waals surface area contributed by atoms with Gasteiger partial charge < -0.3 is 14.5 Å². The van der Waals surface area contributed by atoms with E-state index in [1.807, 2.05) is 6.92 Å². The van der Waals surface area contributed by atoms with Crippen LogP contribution in [0.15, 0.2) is 34.9 Å². The Labute approximate surface area is 122 Å². The van der Waals surface area contributed by atoms with Crippen LogP contribution in [-0.2, 0) is 4.74 Å². The summed E-state index contributed by atoms with van der Waals surface area (Å²) in [6.07, 6.45) is 1.25. The van der Waals surface area contributed by atoms with Crippen molar-refractivity contribution in [2.24, 2.45) is 0 Å². The zero-order valence-electron chi connectivity index (χ0n) is 11.9. The Balaban J connectivity index is 2.15. The SMILES string of the molecule is CCNC(=O)c1ccc(-c2nc(C(=O)OCC)co2)cc1. The molecular weight excluding hydrogens is 272 g/mol. The first-order valence-electron chi connectivity index (χ1n) is 6.67. The van der Waals surface area contributed by atoms with Gasteiger partial charge in [-0.1, -0.05) is 0 Å². The summed E-state index contributed by atoms with van der Waals surface area (Å²) in [7, 11) is 0. The van der Waals surface area contributed by atoms with Crippen LogP contribution in [0.1, 0.15) is 34.7 Å². The van der Waals surface area contributed by atoms with Crippen LogP contribution in [0.3, 0.4) is 0 Å². The average Bonchev–Trinajstić information content (AvgIpc) is 2.98. The molecule has 6 heteroatoms. The van der Waals surface area contributed by atoms with Crippen molar-refractivity contribution in [2.75, 3.05) is 13.2 Å². The summed E-state index contributed by atoms with van der Waals surface area (Å²) in [4.78, 5) is 27.2. The van der Waals surface area contributed by atoms with Gasteiger partial charge in [-0.2, -0.15) is 0 Å². The van der Waals surface area contributed by atoms with Crippen molar-refractivity contribution in [3.63, 3.8) is 0 Å². The number of carbonyl (C=O) groups is 2. The van der Waals surface area contributed by atoms with E-state index in [1.165, 1.54) is 6.26 Å². The molecule has 0 aliphatic rings. The second-order valence-corrected chi connectivity index (χ2v) is 4.20. The van der Waals surface area contributed by atoms with Crippen molar-refractivity contribution in [2.45, 2.75) is 13.8 Å². The number of nitrogens with one attached hydrogen (secondary N) is 1. The van der Waals surface area contributed by atoms with Gasteiger partial charge in [0.1, 0.15) is 6.26 Å².